The van der Waals surface area contributed by atoms with Gasteiger partial charge in [-0.05, 0) is 6.92 Å². The number of guanidine groups is 1. The fourth-order valence-corrected chi connectivity index (χ4v) is 2.67. The third-order valence-corrected chi connectivity index (χ3v) is 3.74. The first-order chi connectivity index (χ1) is 10.2. The number of hydrogen-bond acceptors (Lipinski definition) is 4. The molecule has 0 spiro atoms. The summed E-state index contributed by atoms with van der Waals surface area (Å²) in [6, 6.07) is 10.2. The number of methoxy groups -OCH3 is 1. The molecule has 1 aromatic heterocycles. The summed E-state index contributed by atoms with van der Waals surface area (Å²) >= 11 is 1.61. The first-order valence-corrected chi connectivity index (χ1v) is 7.62. The van der Waals surface area contributed by atoms with Crippen LogP contribution in [-0.4, -0.2) is 30.7 Å². The van der Waals surface area contributed by atoms with Gasteiger partial charge in [-0.15, -0.1) is 11.3 Å². The molecule has 6 heteroatoms. The minimum atomic E-state index is 0.133. The Labute approximate surface area is 128 Å². The molecule has 2 aromatic rings. The van der Waals surface area contributed by atoms with E-state index in [2.05, 4.69) is 15.3 Å². The van der Waals surface area contributed by atoms with Crippen LogP contribution in [0.25, 0.3) is 10.6 Å². The molecule has 0 aliphatic heterocycles. The van der Waals surface area contributed by atoms with Crippen LogP contribution in [0.4, 0.5) is 0 Å². The lowest BCUT2D eigenvalue weighted by Gasteiger charge is -2.12. The van der Waals surface area contributed by atoms with Gasteiger partial charge in [-0.25, -0.2) is 9.98 Å². The number of nitrogens with two attached hydrogens (primary N) is 1. The standard InChI is InChI=1S/C15H20N4OS/c1-11(9-20-2)18-15(16)17-8-13-10-21-14(19-13)12-6-4-3-5-7-12/h3-7,10-11H,8-9H2,1-2H3,(H3,16,17,18). The third-order valence-electron chi connectivity index (χ3n) is 2.79. The van der Waals surface area contributed by atoms with Gasteiger partial charge in [0.1, 0.15) is 5.01 Å². The van der Waals surface area contributed by atoms with Crippen LogP contribution in [0.1, 0.15) is 12.6 Å². The normalized spacial score (nSPS) is 13.1. The molecule has 21 heavy (non-hydrogen) atoms. The number of rotatable bonds is 6. The molecule has 0 aliphatic carbocycles. The molecule has 1 aromatic carbocycles. The van der Waals surface area contributed by atoms with E-state index in [-0.39, 0.29) is 6.04 Å². The number of nitrogens with zero attached hydrogens (tertiary/aromatic N) is 2. The van der Waals surface area contributed by atoms with Crippen molar-refractivity contribution >= 4 is 17.3 Å². The average molecular weight is 304 g/mol. The molecular formula is C15H20N4OS. The minimum absolute atomic E-state index is 0.133. The van der Waals surface area contributed by atoms with E-state index in [1.54, 1.807) is 18.4 Å². The molecule has 0 saturated carbocycles. The quantitative estimate of drug-likeness (QED) is 0.634. The highest BCUT2D eigenvalue weighted by atomic mass is 32.1. The van der Waals surface area contributed by atoms with Gasteiger partial charge >= 0.3 is 0 Å². The Hall–Kier alpha value is -1.92. The smallest absolute Gasteiger partial charge is 0.189 e. The van der Waals surface area contributed by atoms with Gasteiger partial charge in [0.2, 0.25) is 0 Å². The van der Waals surface area contributed by atoms with Gasteiger partial charge in [0, 0.05) is 24.1 Å². The highest BCUT2D eigenvalue weighted by molar-refractivity contribution is 7.13. The van der Waals surface area contributed by atoms with Crippen molar-refractivity contribution in [2.24, 2.45) is 10.7 Å². The van der Waals surface area contributed by atoms with Crippen molar-refractivity contribution in [3.8, 4) is 10.6 Å². The second-order valence-electron chi connectivity index (χ2n) is 4.71. The largest absolute Gasteiger partial charge is 0.383 e. The maximum atomic E-state index is 5.83. The molecule has 0 fully saturated rings. The number of thiazole rings is 1. The van der Waals surface area contributed by atoms with E-state index in [0.717, 1.165) is 16.3 Å². The number of aromatic nitrogens is 1. The van der Waals surface area contributed by atoms with Crippen molar-refractivity contribution in [2.75, 3.05) is 13.7 Å². The second-order valence-corrected chi connectivity index (χ2v) is 5.57. The molecule has 2 rings (SSSR count). The van der Waals surface area contributed by atoms with Gasteiger partial charge < -0.3 is 15.8 Å². The van der Waals surface area contributed by atoms with Crippen molar-refractivity contribution in [3.63, 3.8) is 0 Å². The van der Waals surface area contributed by atoms with E-state index in [0.29, 0.717) is 19.1 Å². The average Bonchev–Trinajstić information content (AvgIpc) is 2.95. The molecule has 112 valence electrons. The molecule has 5 nitrogen and oxygen atoms in total. The highest BCUT2D eigenvalue weighted by Crippen LogP contribution is 2.23. The number of nitrogens with one attached hydrogen (secondary N) is 1. The molecule has 0 saturated heterocycles. The van der Waals surface area contributed by atoms with Crippen molar-refractivity contribution in [1.29, 1.82) is 0 Å². The Morgan fingerprint density at radius 1 is 1.43 bits per heavy atom. The summed E-state index contributed by atoms with van der Waals surface area (Å²) in [5, 5.41) is 6.08. The second kappa shape index (κ2) is 7.75. The Kier molecular flexibility index (Phi) is 5.71. The van der Waals surface area contributed by atoms with E-state index in [9.17, 15) is 0 Å². The van der Waals surface area contributed by atoms with Crippen LogP contribution in [0.5, 0.6) is 0 Å². The molecule has 1 unspecified atom stereocenters. The van der Waals surface area contributed by atoms with Crippen LogP contribution >= 0.6 is 11.3 Å². The SMILES string of the molecule is COCC(C)NC(N)=NCc1csc(-c2ccccc2)n1. The summed E-state index contributed by atoms with van der Waals surface area (Å²) in [7, 11) is 1.66. The summed E-state index contributed by atoms with van der Waals surface area (Å²) in [5.41, 5.74) is 7.87. The Balaban J connectivity index is 1.94. The highest BCUT2D eigenvalue weighted by Gasteiger charge is 2.05. The fraction of sp³-hybridized carbons (Fsp3) is 0.333. The lowest BCUT2D eigenvalue weighted by atomic mass is 10.2. The van der Waals surface area contributed by atoms with Crippen LogP contribution < -0.4 is 11.1 Å². The summed E-state index contributed by atoms with van der Waals surface area (Å²) in [6.07, 6.45) is 0. The predicted molar refractivity (Wildman–Crippen MR) is 87.4 cm³/mol. The third kappa shape index (κ3) is 4.84. The summed E-state index contributed by atoms with van der Waals surface area (Å²) < 4.78 is 5.04. The minimum Gasteiger partial charge on any atom is -0.383 e. The van der Waals surface area contributed by atoms with Crippen LogP contribution in [0.3, 0.4) is 0 Å². The van der Waals surface area contributed by atoms with E-state index in [1.165, 1.54) is 0 Å². The van der Waals surface area contributed by atoms with Gasteiger partial charge in [-0.2, -0.15) is 0 Å². The van der Waals surface area contributed by atoms with E-state index >= 15 is 0 Å². The van der Waals surface area contributed by atoms with Crippen molar-refractivity contribution < 1.29 is 4.74 Å². The van der Waals surface area contributed by atoms with Gasteiger partial charge in [-0.3, -0.25) is 0 Å². The van der Waals surface area contributed by atoms with E-state index in [1.807, 2.05) is 42.6 Å². The van der Waals surface area contributed by atoms with Crippen molar-refractivity contribution in [2.45, 2.75) is 19.5 Å². The first kappa shape index (κ1) is 15.5. The molecule has 1 heterocycles. The van der Waals surface area contributed by atoms with Gasteiger partial charge in [0.15, 0.2) is 5.96 Å². The molecule has 3 N–H and O–H groups in total. The lowest BCUT2D eigenvalue weighted by Crippen LogP contribution is -2.40. The number of ether oxygens (including phenoxy) is 1. The van der Waals surface area contributed by atoms with Crippen LogP contribution in [-0.2, 0) is 11.3 Å². The van der Waals surface area contributed by atoms with E-state index < -0.39 is 0 Å². The number of hydrogen-bond donors (Lipinski definition) is 2. The number of aliphatic imine (C=N–C) groups is 1. The molecule has 1 atom stereocenters. The molecule has 0 radical (unpaired) electrons. The van der Waals surface area contributed by atoms with Crippen LogP contribution in [0.2, 0.25) is 0 Å². The predicted octanol–water partition coefficient (Wildman–Crippen LogP) is 2.25. The summed E-state index contributed by atoms with van der Waals surface area (Å²) in [4.78, 5) is 8.87. The van der Waals surface area contributed by atoms with Gasteiger partial charge in [0.05, 0.1) is 18.8 Å². The summed E-state index contributed by atoms with van der Waals surface area (Å²) in [5.74, 6) is 0.411. The molecular weight excluding hydrogens is 284 g/mol. The Morgan fingerprint density at radius 3 is 2.90 bits per heavy atom. The van der Waals surface area contributed by atoms with Crippen molar-refractivity contribution in [1.82, 2.24) is 10.3 Å². The maximum absolute atomic E-state index is 5.83. The zero-order valence-corrected chi connectivity index (χ0v) is 13.1. The van der Waals surface area contributed by atoms with Gasteiger partial charge in [-0.1, -0.05) is 30.3 Å². The summed E-state index contributed by atoms with van der Waals surface area (Å²) in [6.45, 7) is 3.05. The molecule has 0 aliphatic rings. The monoisotopic (exact) mass is 304 g/mol. The Bertz CT molecular complexity index is 582. The molecule has 0 bridgehead atoms. The van der Waals surface area contributed by atoms with Crippen LogP contribution in [0, 0.1) is 0 Å². The first-order valence-electron chi connectivity index (χ1n) is 6.74. The number of benzene rings is 1. The van der Waals surface area contributed by atoms with E-state index in [4.69, 9.17) is 10.5 Å². The topological polar surface area (TPSA) is 72.5 Å². The van der Waals surface area contributed by atoms with Crippen molar-refractivity contribution in [3.05, 3.63) is 41.4 Å². The zero-order valence-electron chi connectivity index (χ0n) is 12.2. The van der Waals surface area contributed by atoms with Crippen LogP contribution in [0.15, 0.2) is 40.7 Å². The lowest BCUT2D eigenvalue weighted by molar-refractivity contribution is 0.179. The maximum Gasteiger partial charge on any atom is 0.189 e. The zero-order chi connectivity index (χ0) is 15.1. The molecule has 0 amide bonds. The fourth-order valence-electron chi connectivity index (χ4n) is 1.85. The van der Waals surface area contributed by atoms with Gasteiger partial charge in [0.25, 0.3) is 0 Å². The Morgan fingerprint density at radius 2 is 2.19 bits per heavy atom.